The Hall–Kier alpha value is -1.34. The van der Waals surface area contributed by atoms with Gasteiger partial charge in [-0.3, -0.25) is 0 Å². The first-order chi connectivity index (χ1) is 5.15. The molecule has 0 atom stereocenters. The minimum atomic E-state index is 0.0685. The van der Waals surface area contributed by atoms with Gasteiger partial charge in [-0.15, -0.1) is 0 Å². The Morgan fingerprint density at radius 3 is 2.64 bits per heavy atom. The maximum atomic E-state index is 8.54. The molecule has 0 aliphatic rings. The highest BCUT2D eigenvalue weighted by molar-refractivity contribution is 6.28. The third-order valence-corrected chi connectivity index (χ3v) is 1.37. The van der Waals surface area contributed by atoms with Crippen LogP contribution in [-0.2, 0) is 0 Å². The fraction of sp³-hybridized carbons (Fsp3) is 0.167. The number of nitrogen functional groups attached to an aromatic ring is 1. The summed E-state index contributed by atoms with van der Waals surface area (Å²) in [5.74, 6) is 0.130. The Bertz CT molecular complexity index is 305. The van der Waals surface area contributed by atoms with Crippen molar-refractivity contribution in [2.75, 3.05) is 5.73 Å². The molecule has 0 bridgehead atoms. The van der Waals surface area contributed by atoms with Gasteiger partial charge in [0.2, 0.25) is 5.28 Å². The first-order valence-corrected chi connectivity index (χ1v) is 3.22. The number of nitriles is 1. The molecule has 1 aromatic heterocycles. The molecule has 0 fully saturated rings. The van der Waals surface area contributed by atoms with Crippen LogP contribution < -0.4 is 5.73 Å². The molecule has 0 aromatic carbocycles. The van der Waals surface area contributed by atoms with E-state index in [-0.39, 0.29) is 16.7 Å². The Kier molecular flexibility index (Phi) is 1.92. The minimum Gasteiger partial charge on any atom is -0.382 e. The van der Waals surface area contributed by atoms with E-state index in [0.29, 0.717) is 5.69 Å². The summed E-state index contributed by atoms with van der Waals surface area (Å²) in [7, 11) is 0. The summed E-state index contributed by atoms with van der Waals surface area (Å²) in [6.07, 6.45) is 0. The maximum absolute atomic E-state index is 8.54. The van der Waals surface area contributed by atoms with Crippen LogP contribution in [0.15, 0.2) is 0 Å². The molecule has 0 aliphatic carbocycles. The number of aryl methyl sites for hydroxylation is 1. The SMILES string of the molecule is Cc1nc(Cl)nc(N)c1C#N. The first-order valence-electron chi connectivity index (χ1n) is 2.85. The van der Waals surface area contributed by atoms with Gasteiger partial charge >= 0.3 is 0 Å². The van der Waals surface area contributed by atoms with Crippen LogP contribution in [0.25, 0.3) is 0 Å². The number of rotatable bonds is 0. The van der Waals surface area contributed by atoms with E-state index in [1.54, 1.807) is 6.92 Å². The number of hydrogen-bond donors (Lipinski definition) is 1. The van der Waals surface area contributed by atoms with Crippen LogP contribution in [0.1, 0.15) is 11.3 Å². The molecule has 11 heavy (non-hydrogen) atoms. The molecule has 5 heteroatoms. The van der Waals surface area contributed by atoms with Crippen molar-refractivity contribution in [3.05, 3.63) is 16.5 Å². The number of aromatic nitrogens is 2. The summed E-state index contributed by atoms with van der Waals surface area (Å²) in [6.45, 7) is 1.66. The number of nitrogens with two attached hydrogens (primary N) is 1. The number of anilines is 1. The van der Waals surface area contributed by atoms with Crippen molar-refractivity contribution in [2.45, 2.75) is 6.92 Å². The molecule has 1 rings (SSSR count). The van der Waals surface area contributed by atoms with Crippen LogP contribution in [0.5, 0.6) is 0 Å². The fourth-order valence-electron chi connectivity index (χ4n) is 0.698. The van der Waals surface area contributed by atoms with E-state index in [0.717, 1.165) is 0 Å². The van der Waals surface area contributed by atoms with E-state index in [1.807, 2.05) is 6.07 Å². The lowest BCUT2D eigenvalue weighted by Crippen LogP contribution is -2.00. The summed E-state index contributed by atoms with van der Waals surface area (Å²) in [6, 6.07) is 1.88. The van der Waals surface area contributed by atoms with Crippen LogP contribution in [0, 0.1) is 18.3 Å². The molecule has 1 aromatic rings. The summed E-state index contributed by atoms with van der Waals surface area (Å²) in [5.41, 5.74) is 6.17. The van der Waals surface area contributed by atoms with Crippen LogP contribution >= 0.6 is 11.6 Å². The lowest BCUT2D eigenvalue weighted by atomic mass is 10.2. The zero-order chi connectivity index (χ0) is 8.43. The second-order valence-electron chi connectivity index (χ2n) is 1.95. The minimum absolute atomic E-state index is 0.0685. The van der Waals surface area contributed by atoms with Crippen molar-refractivity contribution >= 4 is 17.4 Å². The van der Waals surface area contributed by atoms with E-state index in [4.69, 9.17) is 22.6 Å². The second kappa shape index (κ2) is 2.72. The maximum Gasteiger partial charge on any atom is 0.224 e. The standard InChI is InChI=1S/C6H5ClN4/c1-3-4(2-8)5(9)11-6(7)10-3/h1H3,(H2,9,10,11). The normalized spacial score (nSPS) is 9.18. The Balaban J connectivity index is 3.40. The van der Waals surface area contributed by atoms with Crippen molar-refractivity contribution in [1.29, 1.82) is 5.26 Å². The molecular weight excluding hydrogens is 164 g/mol. The molecular formula is C6H5ClN4. The second-order valence-corrected chi connectivity index (χ2v) is 2.29. The molecule has 1 heterocycles. The van der Waals surface area contributed by atoms with Gasteiger partial charge in [0.1, 0.15) is 17.5 Å². The van der Waals surface area contributed by atoms with E-state index in [1.165, 1.54) is 0 Å². The molecule has 0 amide bonds. The van der Waals surface area contributed by atoms with Crippen LogP contribution in [0.3, 0.4) is 0 Å². The van der Waals surface area contributed by atoms with Gasteiger partial charge in [0, 0.05) is 0 Å². The van der Waals surface area contributed by atoms with Crippen LogP contribution in [-0.4, -0.2) is 9.97 Å². The van der Waals surface area contributed by atoms with Crippen molar-refractivity contribution in [3.8, 4) is 6.07 Å². The zero-order valence-electron chi connectivity index (χ0n) is 5.80. The Morgan fingerprint density at radius 2 is 2.18 bits per heavy atom. The van der Waals surface area contributed by atoms with Crippen LogP contribution in [0.2, 0.25) is 5.28 Å². The number of hydrogen-bond acceptors (Lipinski definition) is 4. The third kappa shape index (κ3) is 1.38. The lowest BCUT2D eigenvalue weighted by Gasteiger charge is -1.98. The Labute approximate surface area is 68.6 Å². The van der Waals surface area contributed by atoms with Gasteiger partial charge in [0.25, 0.3) is 0 Å². The monoisotopic (exact) mass is 168 g/mol. The smallest absolute Gasteiger partial charge is 0.224 e. The molecule has 0 saturated heterocycles. The highest BCUT2D eigenvalue weighted by Gasteiger charge is 2.05. The summed E-state index contributed by atoms with van der Waals surface area (Å²) in [4.78, 5) is 7.37. The molecule has 56 valence electrons. The molecule has 0 aliphatic heterocycles. The topological polar surface area (TPSA) is 75.6 Å². The molecule has 0 unspecified atom stereocenters. The molecule has 4 nitrogen and oxygen atoms in total. The van der Waals surface area contributed by atoms with Gasteiger partial charge in [0.05, 0.1) is 5.69 Å². The zero-order valence-corrected chi connectivity index (χ0v) is 6.55. The van der Waals surface area contributed by atoms with Crippen molar-refractivity contribution in [3.63, 3.8) is 0 Å². The molecule has 0 radical (unpaired) electrons. The highest BCUT2D eigenvalue weighted by atomic mass is 35.5. The summed E-state index contributed by atoms with van der Waals surface area (Å²) in [5, 5.41) is 8.61. The fourth-order valence-corrected chi connectivity index (χ4v) is 0.916. The van der Waals surface area contributed by atoms with E-state index < -0.39 is 0 Å². The largest absolute Gasteiger partial charge is 0.382 e. The van der Waals surface area contributed by atoms with Crippen molar-refractivity contribution in [1.82, 2.24) is 9.97 Å². The van der Waals surface area contributed by atoms with Crippen molar-refractivity contribution < 1.29 is 0 Å². The molecule has 2 N–H and O–H groups in total. The van der Waals surface area contributed by atoms with Gasteiger partial charge < -0.3 is 5.73 Å². The Morgan fingerprint density at radius 1 is 1.55 bits per heavy atom. The highest BCUT2D eigenvalue weighted by Crippen LogP contribution is 2.13. The number of nitrogens with zero attached hydrogens (tertiary/aromatic N) is 3. The van der Waals surface area contributed by atoms with Gasteiger partial charge in [-0.2, -0.15) is 10.2 Å². The van der Waals surface area contributed by atoms with Gasteiger partial charge in [-0.25, -0.2) is 4.98 Å². The quantitative estimate of drug-likeness (QED) is 0.584. The summed E-state index contributed by atoms with van der Waals surface area (Å²) < 4.78 is 0. The average molecular weight is 169 g/mol. The van der Waals surface area contributed by atoms with Crippen molar-refractivity contribution in [2.24, 2.45) is 0 Å². The van der Waals surface area contributed by atoms with E-state index in [9.17, 15) is 0 Å². The predicted molar refractivity (Wildman–Crippen MR) is 40.9 cm³/mol. The summed E-state index contributed by atoms with van der Waals surface area (Å²) >= 11 is 5.47. The number of halogens is 1. The van der Waals surface area contributed by atoms with Crippen LogP contribution in [0.4, 0.5) is 5.82 Å². The predicted octanol–water partition coefficient (Wildman–Crippen LogP) is 0.892. The third-order valence-electron chi connectivity index (χ3n) is 1.20. The average Bonchev–Trinajstić information content (AvgIpc) is 1.85. The lowest BCUT2D eigenvalue weighted by molar-refractivity contribution is 1.09. The van der Waals surface area contributed by atoms with Gasteiger partial charge in [-0.1, -0.05) is 0 Å². The first kappa shape index (κ1) is 7.76. The van der Waals surface area contributed by atoms with E-state index >= 15 is 0 Å². The van der Waals surface area contributed by atoms with Gasteiger partial charge in [0.15, 0.2) is 0 Å². The molecule has 0 saturated carbocycles. The van der Waals surface area contributed by atoms with E-state index in [2.05, 4.69) is 9.97 Å². The van der Waals surface area contributed by atoms with Gasteiger partial charge in [-0.05, 0) is 18.5 Å². The molecule has 0 spiro atoms.